The zero-order chi connectivity index (χ0) is 36.6. The zero-order valence-electron chi connectivity index (χ0n) is 29.3. The van der Waals surface area contributed by atoms with Gasteiger partial charge >= 0.3 is 6.09 Å². The maximum atomic E-state index is 14.4. The van der Waals surface area contributed by atoms with E-state index < -0.39 is 52.8 Å². The van der Waals surface area contributed by atoms with Crippen molar-refractivity contribution in [3.05, 3.63) is 83.8 Å². The van der Waals surface area contributed by atoms with Crippen molar-refractivity contribution >= 4 is 29.6 Å². The van der Waals surface area contributed by atoms with E-state index in [-0.39, 0.29) is 37.9 Å². The average molecular weight is 713 g/mol. The van der Waals surface area contributed by atoms with Gasteiger partial charge in [-0.2, -0.15) is 0 Å². The zero-order valence-corrected chi connectivity index (χ0v) is 29.3. The first-order chi connectivity index (χ1) is 23.5. The molecule has 0 bridgehead atoms. The van der Waals surface area contributed by atoms with E-state index in [2.05, 4.69) is 27.9 Å². The maximum Gasteiger partial charge on any atom is 0.408 e. The minimum atomic E-state index is -1.48. The van der Waals surface area contributed by atoms with Crippen LogP contribution in [0.25, 0.3) is 0 Å². The molecule has 1 aliphatic heterocycles. The number of imidazole rings is 1. The summed E-state index contributed by atoms with van der Waals surface area (Å²) >= 11 is 0. The van der Waals surface area contributed by atoms with Crippen LogP contribution < -0.4 is 16.0 Å². The number of likely N-dealkylation sites (tertiary alicyclic amines) is 1. The fourth-order valence-corrected chi connectivity index (χ4v) is 5.29. The molecule has 4 rings (SSSR count). The summed E-state index contributed by atoms with van der Waals surface area (Å²) in [6, 6.07) is 10.2. The SMILES string of the molecule is C.CC1CCN(C(=O)C(c2ccc(F)c(F)c2)n2cnc(NC(=O)[C@@H](COCc3ccccc3)NC(=O)C(C)(C)NC(=O)OC(C)(C)C)c2)CC1. The lowest BCUT2D eigenvalue weighted by Crippen LogP contribution is -2.59. The van der Waals surface area contributed by atoms with Crippen molar-refractivity contribution in [1.82, 2.24) is 25.1 Å². The summed E-state index contributed by atoms with van der Waals surface area (Å²) in [5, 5.41) is 7.82. The van der Waals surface area contributed by atoms with Gasteiger partial charge in [-0.25, -0.2) is 18.6 Å². The monoisotopic (exact) mass is 712 g/mol. The van der Waals surface area contributed by atoms with Crippen molar-refractivity contribution in [3.8, 4) is 0 Å². The number of aromatic nitrogens is 2. The van der Waals surface area contributed by atoms with Crippen molar-refractivity contribution in [3.63, 3.8) is 0 Å². The largest absolute Gasteiger partial charge is 0.444 e. The van der Waals surface area contributed by atoms with Gasteiger partial charge in [0.2, 0.25) is 11.8 Å². The summed E-state index contributed by atoms with van der Waals surface area (Å²) in [6.07, 6.45) is 3.54. The molecule has 0 saturated carbocycles. The smallest absolute Gasteiger partial charge is 0.408 e. The molecule has 278 valence electrons. The van der Waals surface area contributed by atoms with Gasteiger partial charge in [-0.15, -0.1) is 0 Å². The lowest BCUT2D eigenvalue weighted by molar-refractivity contribution is -0.135. The maximum absolute atomic E-state index is 14.4. The average Bonchev–Trinajstić information content (AvgIpc) is 3.49. The fraction of sp³-hybridized carbons (Fsp3) is 0.486. The van der Waals surface area contributed by atoms with Crippen LogP contribution in [0.4, 0.5) is 19.4 Å². The van der Waals surface area contributed by atoms with Gasteiger partial charge in [0.15, 0.2) is 17.5 Å². The number of halogens is 2. The van der Waals surface area contributed by atoms with E-state index in [4.69, 9.17) is 9.47 Å². The van der Waals surface area contributed by atoms with Gasteiger partial charge in [-0.05, 0) is 76.6 Å². The number of carbonyl (C=O) groups is 4. The predicted octanol–water partition coefficient (Wildman–Crippen LogP) is 5.59. The molecule has 3 N–H and O–H groups in total. The van der Waals surface area contributed by atoms with Gasteiger partial charge in [0.05, 0.1) is 19.5 Å². The highest BCUT2D eigenvalue weighted by atomic mass is 19.2. The summed E-state index contributed by atoms with van der Waals surface area (Å²) in [5.41, 5.74) is -1.22. The third-order valence-corrected chi connectivity index (χ3v) is 8.14. The Morgan fingerprint density at radius 3 is 2.27 bits per heavy atom. The lowest BCUT2D eigenvalue weighted by atomic mass is 9.97. The Kier molecular flexibility index (Phi) is 13.8. The number of rotatable bonds is 12. The number of alkyl carbamates (subject to hydrolysis) is 1. The Hall–Kier alpha value is -4.85. The van der Waals surface area contributed by atoms with Crippen molar-refractivity contribution in [2.45, 2.75) is 91.6 Å². The second-order valence-electron chi connectivity index (χ2n) is 14.1. The molecular formula is C37H50F2N6O6. The third kappa shape index (κ3) is 11.6. The Balaban J connectivity index is 0.00000702. The number of carbonyl (C=O) groups excluding carboxylic acids is 4. The van der Waals surface area contributed by atoms with Gasteiger partial charge in [0, 0.05) is 19.3 Å². The molecule has 2 aromatic carbocycles. The molecule has 0 spiro atoms. The molecule has 1 saturated heterocycles. The first kappa shape index (κ1) is 40.6. The first-order valence-electron chi connectivity index (χ1n) is 16.5. The Morgan fingerprint density at radius 1 is 0.980 bits per heavy atom. The second-order valence-corrected chi connectivity index (χ2v) is 14.1. The Morgan fingerprint density at radius 2 is 1.65 bits per heavy atom. The van der Waals surface area contributed by atoms with Crippen LogP contribution >= 0.6 is 0 Å². The third-order valence-electron chi connectivity index (χ3n) is 8.14. The van der Waals surface area contributed by atoms with Gasteiger partial charge in [-0.1, -0.05) is 50.7 Å². The molecule has 2 atom stereocenters. The molecule has 4 amide bonds. The summed E-state index contributed by atoms with van der Waals surface area (Å²) in [6.45, 7) is 11.1. The highest BCUT2D eigenvalue weighted by Crippen LogP contribution is 2.27. The van der Waals surface area contributed by atoms with E-state index in [1.807, 2.05) is 30.3 Å². The minimum Gasteiger partial charge on any atom is -0.444 e. The van der Waals surface area contributed by atoms with Crippen molar-refractivity contribution in [1.29, 1.82) is 0 Å². The van der Waals surface area contributed by atoms with E-state index in [0.29, 0.717) is 19.0 Å². The minimum absolute atomic E-state index is 0. The number of hydrogen-bond acceptors (Lipinski definition) is 7. The van der Waals surface area contributed by atoms with Crippen LogP contribution in [0.15, 0.2) is 61.1 Å². The summed E-state index contributed by atoms with van der Waals surface area (Å²) in [7, 11) is 0. The number of hydrogen-bond donors (Lipinski definition) is 3. The summed E-state index contributed by atoms with van der Waals surface area (Å²) in [5.74, 6) is -3.34. The number of anilines is 1. The van der Waals surface area contributed by atoms with E-state index in [1.54, 1.807) is 25.7 Å². The molecular weight excluding hydrogens is 662 g/mol. The molecule has 1 aliphatic rings. The number of nitrogens with one attached hydrogen (secondary N) is 3. The van der Waals surface area contributed by atoms with Crippen molar-refractivity contribution in [2.24, 2.45) is 5.92 Å². The number of nitrogens with zero attached hydrogens (tertiary/aromatic N) is 3. The highest BCUT2D eigenvalue weighted by Gasteiger charge is 2.35. The number of benzene rings is 2. The fourth-order valence-electron chi connectivity index (χ4n) is 5.29. The van der Waals surface area contributed by atoms with Crippen LogP contribution in [0.5, 0.6) is 0 Å². The molecule has 14 heteroatoms. The molecule has 0 radical (unpaired) electrons. The second kappa shape index (κ2) is 17.4. The topological polar surface area (TPSA) is 144 Å². The quantitative estimate of drug-likeness (QED) is 0.222. The van der Waals surface area contributed by atoms with Gasteiger partial charge in [0.25, 0.3) is 5.91 Å². The van der Waals surface area contributed by atoms with Crippen LogP contribution in [-0.4, -0.2) is 75.1 Å². The Bertz CT molecular complexity index is 1650. The number of amides is 4. The summed E-state index contributed by atoms with van der Waals surface area (Å²) in [4.78, 5) is 59.2. The van der Waals surface area contributed by atoms with Crippen LogP contribution in [0.2, 0.25) is 0 Å². The molecule has 2 heterocycles. The van der Waals surface area contributed by atoms with E-state index in [9.17, 15) is 28.0 Å². The highest BCUT2D eigenvalue weighted by molar-refractivity contribution is 5.98. The normalized spacial score (nSPS) is 14.9. The number of piperidine rings is 1. The molecule has 3 aromatic rings. The summed E-state index contributed by atoms with van der Waals surface area (Å²) < 4.78 is 40.7. The van der Waals surface area contributed by atoms with Crippen LogP contribution in [-0.2, 0) is 30.5 Å². The molecule has 12 nitrogen and oxygen atoms in total. The first-order valence-corrected chi connectivity index (χ1v) is 16.5. The van der Waals surface area contributed by atoms with Gasteiger partial charge in [-0.3, -0.25) is 14.4 Å². The van der Waals surface area contributed by atoms with E-state index >= 15 is 0 Å². The molecule has 51 heavy (non-hydrogen) atoms. The number of ether oxygens (including phenoxy) is 2. The van der Waals surface area contributed by atoms with E-state index in [0.717, 1.165) is 30.5 Å². The predicted molar refractivity (Wildman–Crippen MR) is 189 cm³/mol. The molecule has 1 unspecified atom stereocenters. The van der Waals surface area contributed by atoms with Crippen LogP contribution in [0, 0.1) is 17.6 Å². The van der Waals surface area contributed by atoms with Crippen molar-refractivity contribution in [2.75, 3.05) is 25.0 Å². The lowest BCUT2D eigenvalue weighted by Gasteiger charge is -2.33. The van der Waals surface area contributed by atoms with Crippen LogP contribution in [0.3, 0.4) is 0 Å². The van der Waals surface area contributed by atoms with Crippen molar-refractivity contribution < 1.29 is 37.4 Å². The van der Waals surface area contributed by atoms with Gasteiger partial charge < -0.3 is 34.9 Å². The Labute approximate surface area is 298 Å². The van der Waals surface area contributed by atoms with E-state index in [1.165, 1.54) is 37.0 Å². The molecule has 0 aliphatic carbocycles. The van der Waals surface area contributed by atoms with Crippen LogP contribution in [0.1, 0.15) is 79.0 Å². The molecule has 1 aromatic heterocycles. The standard InChI is InChI=1S/C36H46F2N6O6.CH4/c1-23-14-16-43(17-15-23)32(46)30(25-12-13-26(37)27(38)18-25)44-19-29(39-22-44)41-31(45)28(21-49-20-24-10-8-7-9-11-24)40-33(47)36(5,6)42-34(48)50-35(2,3)4;/h7-13,18-19,22-23,28,30H,14-17,20-21H2,1-6H3,(H,40,47)(H,41,45)(H,42,48);1H4/t28-,30?;/m1./s1. The van der Waals surface area contributed by atoms with Gasteiger partial charge in [0.1, 0.15) is 23.2 Å². The molecule has 1 fully saturated rings.